The number of hydrogen-bond donors (Lipinski definition) is 0. The third-order valence-electron chi connectivity index (χ3n) is 4.50. The molecule has 2 aromatic carbocycles. The number of hydrogen-bond acceptors (Lipinski definition) is 4. The minimum Gasteiger partial charge on any atom is -0.308 e. The SMILES string of the molecule is Cc1cccc(C(=O)N(CCN(C)C)c2nc3cc(C)c(C)cc3s2)c1. The number of benzene rings is 2. The van der Waals surface area contributed by atoms with Crippen LogP contribution in [0.15, 0.2) is 36.4 Å². The first-order valence-corrected chi connectivity index (χ1v) is 9.58. The van der Waals surface area contributed by atoms with E-state index >= 15 is 0 Å². The van der Waals surface area contributed by atoms with Crippen LogP contribution in [0.3, 0.4) is 0 Å². The van der Waals surface area contributed by atoms with Crippen molar-refractivity contribution in [1.29, 1.82) is 0 Å². The molecule has 0 aliphatic carbocycles. The van der Waals surface area contributed by atoms with Gasteiger partial charge in [-0.15, -0.1) is 0 Å². The van der Waals surface area contributed by atoms with Crippen molar-refractivity contribution in [2.75, 3.05) is 32.1 Å². The monoisotopic (exact) mass is 367 g/mol. The first-order chi connectivity index (χ1) is 12.3. The van der Waals surface area contributed by atoms with Crippen LogP contribution >= 0.6 is 11.3 Å². The lowest BCUT2D eigenvalue weighted by atomic mass is 10.1. The molecular formula is C21H25N3OS. The van der Waals surface area contributed by atoms with E-state index in [1.54, 1.807) is 11.3 Å². The number of aromatic nitrogens is 1. The van der Waals surface area contributed by atoms with Gasteiger partial charge in [-0.1, -0.05) is 29.0 Å². The molecule has 136 valence electrons. The molecule has 0 saturated carbocycles. The second-order valence-corrected chi connectivity index (χ2v) is 8.04. The topological polar surface area (TPSA) is 36.4 Å². The molecule has 5 heteroatoms. The highest BCUT2D eigenvalue weighted by Gasteiger charge is 2.21. The van der Waals surface area contributed by atoms with Gasteiger partial charge in [-0.3, -0.25) is 9.69 Å². The maximum atomic E-state index is 13.2. The van der Waals surface area contributed by atoms with Crippen LogP contribution in [0.5, 0.6) is 0 Å². The van der Waals surface area contributed by atoms with E-state index in [-0.39, 0.29) is 5.91 Å². The molecule has 26 heavy (non-hydrogen) atoms. The van der Waals surface area contributed by atoms with Gasteiger partial charge < -0.3 is 4.90 Å². The summed E-state index contributed by atoms with van der Waals surface area (Å²) in [4.78, 5) is 21.9. The van der Waals surface area contributed by atoms with Gasteiger partial charge in [-0.05, 0) is 70.3 Å². The van der Waals surface area contributed by atoms with Crippen LogP contribution in [0, 0.1) is 20.8 Å². The minimum atomic E-state index is 0.00282. The molecular weight excluding hydrogens is 342 g/mol. The average Bonchev–Trinajstić information content (AvgIpc) is 2.97. The standard InChI is InChI=1S/C21H25N3OS/c1-14-7-6-8-17(11-14)20(25)24(10-9-23(4)5)21-22-18-12-15(2)16(3)13-19(18)26-21/h6-8,11-13H,9-10H2,1-5H3. The Morgan fingerprint density at radius 1 is 1.04 bits per heavy atom. The quantitative estimate of drug-likeness (QED) is 0.669. The number of amides is 1. The number of thiazole rings is 1. The number of carbonyl (C=O) groups is 1. The number of anilines is 1. The lowest BCUT2D eigenvalue weighted by Gasteiger charge is -2.22. The molecule has 0 unspecified atom stereocenters. The van der Waals surface area contributed by atoms with E-state index in [9.17, 15) is 4.79 Å². The van der Waals surface area contributed by atoms with Crippen LogP contribution in [-0.2, 0) is 0 Å². The van der Waals surface area contributed by atoms with Crippen LogP contribution in [0.1, 0.15) is 27.0 Å². The van der Waals surface area contributed by atoms with Gasteiger partial charge in [-0.25, -0.2) is 4.98 Å². The molecule has 0 bridgehead atoms. The number of aryl methyl sites for hydroxylation is 3. The molecule has 4 nitrogen and oxygen atoms in total. The van der Waals surface area contributed by atoms with Gasteiger partial charge >= 0.3 is 0 Å². The Balaban J connectivity index is 2.01. The van der Waals surface area contributed by atoms with Gasteiger partial charge in [0.15, 0.2) is 5.13 Å². The minimum absolute atomic E-state index is 0.00282. The van der Waals surface area contributed by atoms with Gasteiger partial charge in [0.2, 0.25) is 0 Å². The molecule has 0 aliphatic rings. The zero-order valence-electron chi connectivity index (χ0n) is 16.0. The maximum Gasteiger partial charge on any atom is 0.260 e. The van der Waals surface area contributed by atoms with Crippen molar-refractivity contribution in [3.8, 4) is 0 Å². The Hall–Kier alpha value is -2.24. The first-order valence-electron chi connectivity index (χ1n) is 8.76. The Morgan fingerprint density at radius 2 is 1.77 bits per heavy atom. The van der Waals surface area contributed by atoms with E-state index in [1.165, 1.54) is 11.1 Å². The van der Waals surface area contributed by atoms with E-state index in [2.05, 4.69) is 30.9 Å². The van der Waals surface area contributed by atoms with Crippen molar-refractivity contribution in [2.45, 2.75) is 20.8 Å². The van der Waals surface area contributed by atoms with Crippen LogP contribution in [0.4, 0.5) is 5.13 Å². The second-order valence-electron chi connectivity index (χ2n) is 7.03. The molecule has 1 aromatic heterocycles. The van der Waals surface area contributed by atoms with Crippen molar-refractivity contribution in [3.63, 3.8) is 0 Å². The highest BCUT2D eigenvalue weighted by Crippen LogP contribution is 2.31. The Kier molecular flexibility index (Phi) is 5.39. The fraction of sp³-hybridized carbons (Fsp3) is 0.333. The summed E-state index contributed by atoms with van der Waals surface area (Å²) in [6.45, 7) is 7.60. The fourth-order valence-electron chi connectivity index (χ4n) is 2.80. The molecule has 0 aliphatic heterocycles. The number of fused-ring (bicyclic) bond motifs is 1. The summed E-state index contributed by atoms with van der Waals surface area (Å²) in [5, 5.41) is 0.762. The summed E-state index contributed by atoms with van der Waals surface area (Å²) >= 11 is 1.58. The summed E-state index contributed by atoms with van der Waals surface area (Å²) < 4.78 is 1.12. The molecule has 0 atom stereocenters. The van der Waals surface area contributed by atoms with Gasteiger partial charge in [-0.2, -0.15) is 0 Å². The smallest absolute Gasteiger partial charge is 0.260 e. The predicted octanol–water partition coefficient (Wildman–Crippen LogP) is 4.43. The zero-order valence-corrected chi connectivity index (χ0v) is 16.9. The van der Waals surface area contributed by atoms with Crippen molar-refractivity contribution < 1.29 is 4.79 Å². The molecule has 1 heterocycles. The van der Waals surface area contributed by atoms with Crippen LogP contribution < -0.4 is 4.90 Å². The highest BCUT2D eigenvalue weighted by molar-refractivity contribution is 7.22. The second kappa shape index (κ2) is 7.56. The lowest BCUT2D eigenvalue weighted by molar-refractivity contribution is 0.0985. The molecule has 0 N–H and O–H groups in total. The van der Waals surface area contributed by atoms with E-state index in [0.29, 0.717) is 12.1 Å². The average molecular weight is 368 g/mol. The Labute approximate surface area is 159 Å². The summed E-state index contributed by atoms with van der Waals surface area (Å²) in [6, 6.07) is 12.0. The molecule has 1 amide bonds. The van der Waals surface area contributed by atoms with Crippen LogP contribution in [0.25, 0.3) is 10.2 Å². The number of nitrogens with zero attached hydrogens (tertiary/aromatic N) is 3. The first kappa shape index (κ1) is 18.5. The maximum absolute atomic E-state index is 13.2. The number of likely N-dealkylation sites (N-methyl/N-ethyl adjacent to an activating group) is 1. The van der Waals surface area contributed by atoms with E-state index < -0.39 is 0 Å². The normalized spacial score (nSPS) is 11.3. The molecule has 3 rings (SSSR count). The summed E-state index contributed by atoms with van der Waals surface area (Å²) in [7, 11) is 4.03. The number of carbonyl (C=O) groups excluding carboxylic acids is 1. The Bertz CT molecular complexity index is 907. The lowest BCUT2D eigenvalue weighted by Crippen LogP contribution is -2.36. The highest BCUT2D eigenvalue weighted by atomic mass is 32.1. The molecule has 3 aromatic rings. The summed E-state index contributed by atoms with van der Waals surface area (Å²) in [5.41, 5.74) is 5.21. The van der Waals surface area contributed by atoms with Gasteiger partial charge in [0.05, 0.1) is 10.2 Å². The van der Waals surface area contributed by atoms with Crippen molar-refractivity contribution >= 4 is 32.6 Å². The van der Waals surface area contributed by atoms with E-state index in [1.807, 2.05) is 50.2 Å². The van der Waals surface area contributed by atoms with E-state index in [4.69, 9.17) is 4.98 Å². The van der Waals surface area contributed by atoms with Crippen molar-refractivity contribution in [2.24, 2.45) is 0 Å². The fourth-order valence-corrected chi connectivity index (χ4v) is 3.87. The largest absolute Gasteiger partial charge is 0.308 e. The molecule has 0 saturated heterocycles. The number of rotatable bonds is 5. The Morgan fingerprint density at radius 3 is 2.46 bits per heavy atom. The van der Waals surface area contributed by atoms with Gasteiger partial charge in [0, 0.05) is 18.7 Å². The van der Waals surface area contributed by atoms with Crippen LogP contribution in [0.2, 0.25) is 0 Å². The molecule has 0 fully saturated rings. The zero-order chi connectivity index (χ0) is 18.8. The molecule has 0 radical (unpaired) electrons. The molecule has 0 spiro atoms. The summed E-state index contributed by atoms with van der Waals surface area (Å²) in [5.74, 6) is 0.00282. The van der Waals surface area contributed by atoms with Gasteiger partial charge in [0.1, 0.15) is 0 Å². The van der Waals surface area contributed by atoms with E-state index in [0.717, 1.165) is 27.5 Å². The third-order valence-corrected chi connectivity index (χ3v) is 5.55. The van der Waals surface area contributed by atoms with Crippen molar-refractivity contribution in [3.05, 3.63) is 58.7 Å². The summed E-state index contributed by atoms with van der Waals surface area (Å²) in [6.07, 6.45) is 0. The third kappa shape index (κ3) is 3.94. The van der Waals surface area contributed by atoms with Gasteiger partial charge in [0.25, 0.3) is 5.91 Å². The van der Waals surface area contributed by atoms with Crippen molar-refractivity contribution in [1.82, 2.24) is 9.88 Å². The predicted molar refractivity (Wildman–Crippen MR) is 111 cm³/mol. The van der Waals surface area contributed by atoms with Crippen LogP contribution in [-0.4, -0.2) is 43.0 Å².